The van der Waals surface area contributed by atoms with E-state index in [4.69, 9.17) is 0 Å². The second-order valence-corrected chi connectivity index (χ2v) is 13.6. The number of piperazine rings is 1. The van der Waals surface area contributed by atoms with Crippen LogP contribution >= 0.6 is 0 Å². The zero-order valence-corrected chi connectivity index (χ0v) is 24.0. The second kappa shape index (κ2) is 12.4. The number of hydrogen-bond donors (Lipinski definition) is 0. The Kier molecular flexibility index (Phi) is 8.65. The van der Waals surface area contributed by atoms with E-state index in [1.54, 1.807) is 41.3 Å². The number of benzene rings is 4. The summed E-state index contributed by atoms with van der Waals surface area (Å²) in [5, 5.41) is 0. The Balaban J connectivity index is 1.54. The summed E-state index contributed by atoms with van der Waals surface area (Å²) in [7, 11) is -8.07. The minimum absolute atomic E-state index is 0.0508. The monoisotopic (exact) mass is 589 g/mol. The van der Waals surface area contributed by atoms with Crippen molar-refractivity contribution in [3.63, 3.8) is 0 Å². The van der Waals surface area contributed by atoms with Gasteiger partial charge in [0.25, 0.3) is 0 Å². The molecule has 8 nitrogen and oxygen atoms in total. The lowest BCUT2D eigenvalue weighted by Gasteiger charge is -2.41. The molecule has 1 heterocycles. The van der Waals surface area contributed by atoms with Gasteiger partial charge in [-0.25, -0.2) is 16.8 Å². The predicted molar refractivity (Wildman–Crippen MR) is 156 cm³/mol. The Morgan fingerprint density at radius 3 is 1.49 bits per heavy atom. The second-order valence-electron chi connectivity index (χ2n) is 9.79. The first-order valence-corrected chi connectivity index (χ1v) is 16.1. The summed E-state index contributed by atoms with van der Waals surface area (Å²) in [6.45, 7) is -0.0810. The summed E-state index contributed by atoms with van der Waals surface area (Å²) < 4.78 is 57.2. The van der Waals surface area contributed by atoms with Crippen LogP contribution in [0.2, 0.25) is 0 Å². The summed E-state index contributed by atoms with van der Waals surface area (Å²) in [6, 6.07) is 33.5. The summed E-state index contributed by atoms with van der Waals surface area (Å²) in [4.78, 5) is 16.1. The average molecular weight is 590 g/mol. The number of amides is 1. The maximum atomic E-state index is 14.4. The minimum atomic E-state index is -4.10. The van der Waals surface area contributed by atoms with Crippen LogP contribution in [0.5, 0.6) is 0 Å². The van der Waals surface area contributed by atoms with E-state index in [1.165, 1.54) is 28.6 Å². The fourth-order valence-corrected chi connectivity index (χ4v) is 7.99. The van der Waals surface area contributed by atoms with Crippen LogP contribution < -0.4 is 0 Å². The molecule has 0 aromatic heterocycles. The van der Waals surface area contributed by atoms with E-state index in [2.05, 4.69) is 0 Å². The highest BCUT2D eigenvalue weighted by molar-refractivity contribution is 7.89. The molecule has 41 heavy (non-hydrogen) atoms. The van der Waals surface area contributed by atoms with Crippen LogP contribution in [0.1, 0.15) is 11.1 Å². The molecule has 1 atom stereocenters. The van der Waals surface area contributed by atoms with Gasteiger partial charge in [0.2, 0.25) is 26.0 Å². The van der Waals surface area contributed by atoms with Crippen molar-refractivity contribution in [2.24, 2.45) is 0 Å². The summed E-state index contributed by atoms with van der Waals surface area (Å²) in [5.41, 5.74) is 1.75. The fraction of sp³-hybridized carbons (Fsp3) is 0.194. The highest BCUT2D eigenvalue weighted by Crippen LogP contribution is 2.27. The minimum Gasteiger partial charge on any atom is -0.333 e. The molecule has 0 saturated carbocycles. The van der Waals surface area contributed by atoms with Gasteiger partial charge in [-0.15, -0.1) is 0 Å². The summed E-state index contributed by atoms with van der Waals surface area (Å²) in [5.74, 6) is -0.467. The molecular formula is C31H31N3O5S2. The van der Waals surface area contributed by atoms with Gasteiger partial charge in [0.1, 0.15) is 6.04 Å². The first-order valence-electron chi connectivity index (χ1n) is 13.3. The number of carbonyl (C=O) groups is 1. The van der Waals surface area contributed by atoms with Crippen molar-refractivity contribution in [3.05, 3.63) is 132 Å². The molecule has 212 valence electrons. The van der Waals surface area contributed by atoms with Crippen molar-refractivity contribution in [1.29, 1.82) is 0 Å². The maximum absolute atomic E-state index is 14.4. The highest BCUT2D eigenvalue weighted by Gasteiger charge is 2.44. The van der Waals surface area contributed by atoms with Gasteiger partial charge in [-0.2, -0.15) is 8.61 Å². The first kappa shape index (κ1) is 28.7. The Morgan fingerprint density at radius 2 is 1.02 bits per heavy atom. The van der Waals surface area contributed by atoms with Gasteiger partial charge >= 0.3 is 0 Å². The van der Waals surface area contributed by atoms with Gasteiger partial charge in [-0.05, 0) is 35.4 Å². The van der Waals surface area contributed by atoms with E-state index in [9.17, 15) is 21.6 Å². The standard InChI is InChI=1S/C31H31N3O5S2/c35-31(32(23-26-13-5-1-6-14-26)24-27-15-7-2-8-16-27)30-25-33(40(36,37)28-17-9-3-10-18-28)21-22-34(30)41(38,39)29-19-11-4-12-20-29/h1-20,30H,21-25H2/t30-/m1/s1. The van der Waals surface area contributed by atoms with Gasteiger partial charge in [0.05, 0.1) is 9.79 Å². The molecule has 10 heteroatoms. The largest absolute Gasteiger partial charge is 0.333 e. The van der Waals surface area contributed by atoms with Crippen molar-refractivity contribution in [1.82, 2.24) is 13.5 Å². The Labute approximate surface area is 241 Å². The Hall–Kier alpha value is -3.83. The molecule has 0 bridgehead atoms. The third-order valence-electron chi connectivity index (χ3n) is 7.05. The highest BCUT2D eigenvalue weighted by atomic mass is 32.2. The van der Waals surface area contributed by atoms with Crippen LogP contribution in [0, 0.1) is 0 Å². The Bertz CT molecular complexity index is 1630. The number of rotatable bonds is 9. The number of carbonyl (C=O) groups excluding carboxylic acids is 1. The van der Waals surface area contributed by atoms with E-state index in [1.807, 2.05) is 60.7 Å². The number of hydrogen-bond acceptors (Lipinski definition) is 5. The molecule has 4 aromatic rings. The smallest absolute Gasteiger partial charge is 0.243 e. The molecule has 1 amide bonds. The third kappa shape index (κ3) is 6.41. The Morgan fingerprint density at radius 1 is 0.610 bits per heavy atom. The normalized spacial score (nSPS) is 16.7. The van der Waals surface area contributed by atoms with Crippen molar-refractivity contribution in [2.75, 3.05) is 19.6 Å². The summed E-state index contributed by atoms with van der Waals surface area (Å²) >= 11 is 0. The molecule has 1 fully saturated rings. The van der Waals surface area contributed by atoms with E-state index in [0.717, 1.165) is 15.4 Å². The van der Waals surface area contributed by atoms with Crippen LogP contribution in [0.4, 0.5) is 0 Å². The molecule has 0 radical (unpaired) electrons. The molecule has 0 spiro atoms. The average Bonchev–Trinajstić information content (AvgIpc) is 3.02. The maximum Gasteiger partial charge on any atom is 0.243 e. The van der Waals surface area contributed by atoms with Crippen molar-refractivity contribution >= 4 is 26.0 Å². The van der Waals surface area contributed by atoms with Gasteiger partial charge in [-0.3, -0.25) is 4.79 Å². The van der Waals surface area contributed by atoms with Crippen LogP contribution in [0.15, 0.2) is 131 Å². The molecule has 1 saturated heterocycles. The van der Waals surface area contributed by atoms with E-state index in [-0.39, 0.29) is 42.5 Å². The molecule has 4 aromatic carbocycles. The van der Waals surface area contributed by atoms with Gasteiger partial charge in [-0.1, -0.05) is 97.1 Å². The molecule has 0 unspecified atom stereocenters. The van der Waals surface area contributed by atoms with Crippen LogP contribution in [-0.2, 0) is 37.9 Å². The summed E-state index contributed by atoms with van der Waals surface area (Å²) in [6.07, 6.45) is 0. The predicted octanol–water partition coefficient (Wildman–Crippen LogP) is 3.98. The zero-order valence-electron chi connectivity index (χ0n) is 22.4. The zero-order chi connectivity index (χ0) is 28.9. The third-order valence-corrected chi connectivity index (χ3v) is 10.9. The SMILES string of the molecule is O=C([C@H]1CN(S(=O)(=O)c2ccccc2)CCN1S(=O)(=O)c1ccccc1)N(Cc1ccccc1)Cc1ccccc1. The lowest BCUT2D eigenvalue weighted by molar-refractivity contribution is -0.137. The van der Waals surface area contributed by atoms with Gasteiger partial charge in [0.15, 0.2) is 0 Å². The van der Waals surface area contributed by atoms with Crippen molar-refractivity contribution < 1.29 is 21.6 Å². The fourth-order valence-electron chi connectivity index (χ4n) is 4.95. The van der Waals surface area contributed by atoms with Gasteiger partial charge < -0.3 is 4.90 Å². The topological polar surface area (TPSA) is 95.1 Å². The van der Waals surface area contributed by atoms with Crippen LogP contribution in [0.3, 0.4) is 0 Å². The van der Waals surface area contributed by atoms with Crippen molar-refractivity contribution in [2.45, 2.75) is 28.9 Å². The van der Waals surface area contributed by atoms with E-state index < -0.39 is 32.0 Å². The van der Waals surface area contributed by atoms with E-state index >= 15 is 0 Å². The lowest BCUT2D eigenvalue weighted by atomic mass is 10.1. The molecule has 1 aliphatic rings. The number of sulfonamides is 2. The number of nitrogens with zero attached hydrogens (tertiary/aromatic N) is 3. The van der Waals surface area contributed by atoms with Gasteiger partial charge in [0, 0.05) is 32.7 Å². The lowest BCUT2D eigenvalue weighted by Crippen LogP contribution is -2.61. The molecule has 0 aliphatic carbocycles. The van der Waals surface area contributed by atoms with Crippen LogP contribution in [-0.4, -0.2) is 61.9 Å². The molecule has 1 aliphatic heterocycles. The van der Waals surface area contributed by atoms with E-state index in [0.29, 0.717) is 0 Å². The first-order chi connectivity index (χ1) is 19.8. The quantitative estimate of drug-likeness (QED) is 0.294. The van der Waals surface area contributed by atoms with Crippen LogP contribution in [0.25, 0.3) is 0 Å². The molecule has 0 N–H and O–H groups in total. The molecular weight excluding hydrogens is 558 g/mol. The van der Waals surface area contributed by atoms with Crippen molar-refractivity contribution in [3.8, 4) is 0 Å². The molecule has 5 rings (SSSR count).